The van der Waals surface area contributed by atoms with Gasteiger partial charge in [0.05, 0.1) is 6.61 Å². The van der Waals surface area contributed by atoms with Crippen molar-refractivity contribution in [2.24, 2.45) is 5.92 Å². The Morgan fingerprint density at radius 2 is 1.84 bits per heavy atom. The molecule has 0 saturated carbocycles. The third-order valence-corrected chi connectivity index (χ3v) is 3.36. The highest BCUT2D eigenvalue weighted by Crippen LogP contribution is 2.16. The van der Waals surface area contributed by atoms with Crippen molar-refractivity contribution in [2.45, 2.75) is 44.5 Å². The van der Waals surface area contributed by atoms with Crippen molar-refractivity contribution in [3.8, 4) is 0 Å². The number of rotatable bonds is 10. The van der Waals surface area contributed by atoms with Gasteiger partial charge in [-0.3, -0.25) is 0 Å². The van der Waals surface area contributed by atoms with E-state index < -0.39 is 0 Å². The molecule has 0 amide bonds. The van der Waals surface area contributed by atoms with Gasteiger partial charge in [-0.1, -0.05) is 60.1 Å². The summed E-state index contributed by atoms with van der Waals surface area (Å²) in [5, 5.41) is 0. The van der Waals surface area contributed by atoms with Crippen LogP contribution in [0.3, 0.4) is 0 Å². The average molecular weight is 329 g/mol. The summed E-state index contributed by atoms with van der Waals surface area (Å²) in [5.74, 6) is 0.753. The lowest BCUT2D eigenvalue weighted by molar-refractivity contribution is -0.0627. The van der Waals surface area contributed by atoms with Crippen molar-refractivity contribution in [3.63, 3.8) is 0 Å². The summed E-state index contributed by atoms with van der Waals surface area (Å²) >= 11 is 3.59. The zero-order valence-corrected chi connectivity index (χ0v) is 13.6. The lowest BCUT2D eigenvalue weighted by Crippen LogP contribution is -2.05. The summed E-state index contributed by atoms with van der Waals surface area (Å²) in [6.07, 6.45) is 3.55. The van der Waals surface area contributed by atoms with Crippen LogP contribution in [-0.4, -0.2) is 18.2 Å². The van der Waals surface area contributed by atoms with Gasteiger partial charge in [0.25, 0.3) is 0 Å². The highest BCUT2D eigenvalue weighted by Gasteiger charge is 2.05. The minimum Gasteiger partial charge on any atom is -0.355 e. The van der Waals surface area contributed by atoms with Crippen LogP contribution < -0.4 is 0 Å². The van der Waals surface area contributed by atoms with Gasteiger partial charge in [0.15, 0.2) is 0 Å². The van der Waals surface area contributed by atoms with Crippen LogP contribution in [0.2, 0.25) is 0 Å². The highest BCUT2D eigenvalue weighted by molar-refractivity contribution is 9.09. The van der Waals surface area contributed by atoms with Gasteiger partial charge in [-0.25, -0.2) is 0 Å². The van der Waals surface area contributed by atoms with E-state index in [0.717, 1.165) is 18.9 Å². The first-order valence-corrected chi connectivity index (χ1v) is 7.93. The number of benzene rings is 1. The molecule has 0 aromatic heterocycles. The molecule has 0 saturated heterocycles. The average Bonchev–Trinajstić information content (AvgIpc) is 2.38. The molecule has 1 aromatic carbocycles. The normalized spacial score (nSPS) is 14.3. The molecule has 0 spiro atoms. The lowest BCUT2D eigenvalue weighted by atomic mass is 10.0. The van der Waals surface area contributed by atoms with Crippen LogP contribution in [0.1, 0.15) is 38.7 Å². The first kappa shape index (κ1) is 16.7. The monoisotopic (exact) mass is 328 g/mol. The van der Waals surface area contributed by atoms with Crippen LogP contribution in [-0.2, 0) is 16.1 Å². The second-order valence-corrected chi connectivity index (χ2v) is 6.69. The van der Waals surface area contributed by atoms with E-state index in [0.29, 0.717) is 18.2 Å². The molecule has 19 heavy (non-hydrogen) atoms. The maximum Gasteiger partial charge on any atom is 0.147 e. The molecule has 0 bridgehead atoms. The van der Waals surface area contributed by atoms with Gasteiger partial charge >= 0.3 is 0 Å². The highest BCUT2D eigenvalue weighted by atomic mass is 79.9. The molecule has 2 atom stereocenters. The number of hydrogen-bond donors (Lipinski definition) is 0. The Morgan fingerprint density at radius 1 is 1.11 bits per heavy atom. The van der Waals surface area contributed by atoms with Crippen LogP contribution in [0, 0.1) is 5.92 Å². The molecule has 0 aliphatic rings. The van der Waals surface area contributed by atoms with E-state index in [9.17, 15) is 0 Å². The zero-order chi connectivity index (χ0) is 13.9. The third-order valence-electron chi connectivity index (χ3n) is 2.99. The van der Waals surface area contributed by atoms with E-state index in [1.807, 2.05) is 18.2 Å². The molecule has 0 heterocycles. The third kappa shape index (κ3) is 9.20. The van der Waals surface area contributed by atoms with Crippen LogP contribution in [0.15, 0.2) is 30.3 Å². The largest absolute Gasteiger partial charge is 0.355 e. The lowest BCUT2D eigenvalue weighted by Gasteiger charge is -2.12. The van der Waals surface area contributed by atoms with Gasteiger partial charge in [-0.15, -0.1) is 0 Å². The molecule has 1 aromatic rings. The summed E-state index contributed by atoms with van der Waals surface area (Å²) < 4.78 is 10.9. The molecule has 0 N–H and O–H groups in total. The van der Waals surface area contributed by atoms with E-state index in [4.69, 9.17) is 9.47 Å². The topological polar surface area (TPSA) is 18.5 Å². The summed E-state index contributed by atoms with van der Waals surface area (Å²) in [7, 11) is 0. The molecule has 0 fully saturated rings. The fraction of sp³-hybridized carbons (Fsp3) is 0.625. The fourth-order valence-electron chi connectivity index (χ4n) is 2.06. The Kier molecular flexibility index (Phi) is 9.14. The van der Waals surface area contributed by atoms with Crippen molar-refractivity contribution in [1.29, 1.82) is 0 Å². The van der Waals surface area contributed by atoms with Crippen LogP contribution >= 0.6 is 15.9 Å². The summed E-state index contributed by atoms with van der Waals surface area (Å²) in [4.78, 5) is 0.609. The Balaban J connectivity index is 1.91. The molecule has 2 unspecified atom stereocenters. The van der Waals surface area contributed by atoms with Gasteiger partial charge < -0.3 is 9.47 Å². The Morgan fingerprint density at radius 3 is 2.53 bits per heavy atom. The summed E-state index contributed by atoms with van der Waals surface area (Å²) in [5.41, 5.74) is 1.19. The maximum atomic E-state index is 5.48. The predicted octanol–water partition coefficient (Wildman–Crippen LogP) is 4.77. The quantitative estimate of drug-likeness (QED) is 0.350. The fourth-order valence-corrected chi connectivity index (χ4v) is 2.70. The van der Waals surface area contributed by atoms with E-state index in [-0.39, 0.29) is 0 Å². The molecular weight excluding hydrogens is 304 g/mol. The van der Waals surface area contributed by atoms with Crippen LogP contribution in [0.25, 0.3) is 0 Å². The van der Waals surface area contributed by atoms with Crippen molar-refractivity contribution < 1.29 is 9.47 Å². The van der Waals surface area contributed by atoms with Gasteiger partial charge in [-0.05, 0) is 30.7 Å². The Labute approximate surface area is 125 Å². The van der Waals surface area contributed by atoms with Gasteiger partial charge in [-0.2, -0.15) is 0 Å². The summed E-state index contributed by atoms with van der Waals surface area (Å²) in [6, 6.07) is 10.2. The van der Waals surface area contributed by atoms with E-state index in [2.05, 4.69) is 41.9 Å². The van der Waals surface area contributed by atoms with Gasteiger partial charge in [0.2, 0.25) is 0 Å². The van der Waals surface area contributed by atoms with Crippen molar-refractivity contribution in [1.82, 2.24) is 0 Å². The Hall–Kier alpha value is -0.380. The Bertz CT molecular complexity index is 314. The standard InChI is InChI=1S/C16H25BrO2/c1-14(11-15(2)17)7-6-10-18-13-19-12-16-8-4-3-5-9-16/h3-5,8-9,14-15H,6-7,10-13H2,1-2H3. The number of hydrogen-bond acceptors (Lipinski definition) is 2. The van der Waals surface area contributed by atoms with Crippen molar-refractivity contribution >= 4 is 15.9 Å². The molecule has 3 heteroatoms. The number of halogens is 1. The van der Waals surface area contributed by atoms with E-state index in [1.54, 1.807) is 0 Å². The minimum absolute atomic E-state index is 0.387. The molecule has 108 valence electrons. The second-order valence-electron chi connectivity index (χ2n) is 5.12. The first-order chi connectivity index (χ1) is 9.18. The second kappa shape index (κ2) is 10.4. The summed E-state index contributed by atoms with van der Waals surface area (Å²) in [6.45, 7) is 6.29. The molecule has 0 aliphatic carbocycles. The first-order valence-electron chi connectivity index (χ1n) is 7.02. The number of alkyl halides is 1. The zero-order valence-electron chi connectivity index (χ0n) is 12.0. The smallest absolute Gasteiger partial charge is 0.147 e. The SMILES string of the molecule is CC(Br)CC(C)CCCOCOCc1ccccc1. The van der Waals surface area contributed by atoms with E-state index >= 15 is 0 Å². The molecular formula is C16H25BrO2. The van der Waals surface area contributed by atoms with Gasteiger partial charge in [0.1, 0.15) is 6.79 Å². The predicted molar refractivity (Wildman–Crippen MR) is 83.5 cm³/mol. The van der Waals surface area contributed by atoms with Crippen LogP contribution in [0.5, 0.6) is 0 Å². The van der Waals surface area contributed by atoms with E-state index in [1.165, 1.54) is 18.4 Å². The number of ether oxygens (including phenoxy) is 2. The molecule has 1 rings (SSSR count). The molecule has 0 radical (unpaired) electrons. The molecule has 0 aliphatic heterocycles. The van der Waals surface area contributed by atoms with Crippen molar-refractivity contribution in [2.75, 3.05) is 13.4 Å². The van der Waals surface area contributed by atoms with Crippen LogP contribution in [0.4, 0.5) is 0 Å². The maximum absolute atomic E-state index is 5.48. The van der Waals surface area contributed by atoms with Crippen molar-refractivity contribution in [3.05, 3.63) is 35.9 Å². The van der Waals surface area contributed by atoms with Gasteiger partial charge in [0, 0.05) is 11.4 Å². The minimum atomic E-state index is 0.387. The molecule has 2 nitrogen and oxygen atoms in total.